The van der Waals surface area contributed by atoms with Crippen LogP contribution < -0.4 is 10.5 Å². The topological polar surface area (TPSA) is 116 Å². The highest BCUT2D eigenvalue weighted by Crippen LogP contribution is 2.13. The van der Waals surface area contributed by atoms with Crippen LogP contribution in [0.3, 0.4) is 0 Å². The molecule has 0 spiro atoms. The molecule has 0 unspecified atom stereocenters. The van der Waals surface area contributed by atoms with E-state index in [0.717, 1.165) is 11.1 Å². The average Bonchev–Trinajstić information content (AvgIpc) is 2.74. The zero-order valence-corrected chi connectivity index (χ0v) is 16.9. The molecule has 2 rings (SSSR count). The number of ether oxygens (including phenoxy) is 3. The van der Waals surface area contributed by atoms with Crippen molar-refractivity contribution in [3.05, 3.63) is 77.2 Å². The van der Waals surface area contributed by atoms with Gasteiger partial charge >= 0.3 is 5.97 Å². The maximum Gasteiger partial charge on any atom is 0.349 e. The van der Waals surface area contributed by atoms with Crippen LogP contribution in [0.1, 0.15) is 25.0 Å². The molecule has 0 aliphatic carbocycles. The van der Waals surface area contributed by atoms with E-state index in [4.69, 9.17) is 19.9 Å². The van der Waals surface area contributed by atoms with Crippen LogP contribution in [0.5, 0.6) is 5.75 Å². The lowest BCUT2D eigenvalue weighted by atomic mass is 10.2. The summed E-state index contributed by atoms with van der Waals surface area (Å²) in [6, 6.07) is 17.1. The second kappa shape index (κ2) is 11.9. The minimum atomic E-state index is -0.847. The molecule has 158 valence electrons. The molecular formula is C22H25N3O5. The molecule has 0 amide bonds. The van der Waals surface area contributed by atoms with Crippen molar-refractivity contribution in [3.8, 4) is 5.75 Å². The fourth-order valence-electron chi connectivity index (χ4n) is 2.31. The van der Waals surface area contributed by atoms with Crippen LogP contribution >= 0.6 is 0 Å². The summed E-state index contributed by atoms with van der Waals surface area (Å²) in [7, 11) is 0. The van der Waals surface area contributed by atoms with Gasteiger partial charge in [0, 0.05) is 0 Å². The van der Waals surface area contributed by atoms with Crippen molar-refractivity contribution in [2.24, 2.45) is 15.9 Å². The molecule has 8 nitrogen and oxygen atoms in total. The average molecular weight is 411 g/mol. The molecule has 2 aromatic carbocycles. The highest BCUT2D eigenvalue weighted by atomic mass is 16.6. The summed E-state index contributed by atoms with van der Waals surface area (Å²) in [5.41, 5.74) is 7.23. The first-order chi connectivity index (χ1) is 14.5. The van der Waals surface area contributed by atoms with Crippen LogP contribution in [0.4, 0.5) is 0 Å². The number of hydrogen-bond acceptors (Lipinski definition) is 7. The lowest BCUT2D eigenvalue weighted by Gasteiger charge is -2.08. The summed E-state index contributed by atoms with van der Waals surface area (Å²) >= 11 is 0. The molecule has 0 aromatic heterocycles. The van der Waals surface area contributed by atoms with Gasteiger partial charge in [0.05, 0.1) is 19.4 Å². The summed E-state index contributed by atoms with van der Waals surface area (Å²) in [6.45, 7) is 4.01. The van der Waals surface area contributed by atoms with Gasteiger partial charge in [0.1, 0.15) is 12.4 Å². The summed E-state index contributed by atoms with van der Waals surface area (Å²) in [6.07, 6.45) is 1.45. The number of nitrogens with two attached hydrogens (primary N) is 1. The fraction of sp³-hybridized carbons (Fsp3) is 0.227. The van der Waals surface area contributed by atoms with E-state index in [1.54, 1.807) is 26.0 Å². The molecule has 0 aliphatic rings. The lowest BCUT2D eigenvalue weighted by Crippen LogP contribution is -2.25. The van der Waals surface area contributed by atoms with Gasteiger partial charge in [-0.05, 0) is 49.2 Å². The summed E-state index contributed by atoms with van der Waals surface area (Å²) in [4.78, 5) is 12.0. The number of nitrogens with zero attached hydrogens (tertiary/aromatic N) is 2. The van der Waals surface area contributed by atoms with Crippen molar-refractivity contribution < 1.29 is 24.1 Å². The molecule has 0 saturated carbocycles. The van der Waals surface area contributed by atoms with Gasteiger partial charge in [0.15, 0.2) is 11.4 Å². The van der Waals surface area contributed by atoms with Crippen molar-refractivity contribution in [3.63, 3.8) is 0 Å². The van der Waals surface area contributed by atoms with E-state index in [-0.39, 0.29) is 24.6 Å². The van der Waals surface area contributed by atoms with Gasteiger partial charge in [-0.15, -0.1) is 5.10 Å². The third kappa shape index (κ3) is 6.97. The zero-order valence-electron chi connectivity index (χ0n) is 16.9. The molecule has 8 heteroatoms. The summed E-state index contributed by atoms with van der Waals surface area (Å²) in [5.74, 6) is -1.11. The van der Waals surface area contributed by atoms with E-state index in [1.165, 1.54) is 6.21 Å². The number of rotatable bonds is 10. The SMILES string of the molecule is CCOC(=O)C(/C(N)=N\N=C\c1ccc(OCc2ccccc2)cc1)=C(\O)OCC. The molecule has 0 atom stereocenters. The molecule has 30 heavy (non-hydrogen) atoms. The van der Waals surface area contributed by atoms with Gasteiger partial charge in [0.25, 0.3) is 5.95 Å². The van der Waals surface area contributed by atoms with Gasteiger partial charge in [-0.3, -0.25) is 0 Å². The Bertz CT molecular complexity index is 906. The number of carbonyl (C=O) groups excluding carboxylic acids is 1. The number of aliphatic hydroxyl groups excluding tert-OH is 1. The Balaban J connectivity index is 2.03. The zero-order chi connectivity index (χ0) is 21.8. The fourth-order valence-corrected chi connectivity index (χ4v) is 2.31. The van der Waals surface area contributed by atoms with Crippen LogP contribution in [-0.4, -0.2) is 36.3 Å². The lowest BCUT2D eigenvalue weighted by molar-refractivity contribution is -0.138. The normalized spacial score (nSPS) is 12.4. The molecule has 0 heterocycles. The predicted molar refractivity (Wildman–Crippen MR) is 114 cm³/mol. The van der Waals surface area contributed by atoms with Crippen LogP contribution in [0, 0.1) is 0 Å². The Hall–Kier alpha value is -3.81. The van der Waals surface area contributed by atoms with E-state index in [1.807, 2.05) is 42.5 Å². The summed E-state index contributed by atoms with van der Waals surface area (Å²) in [5, 5.41) is 17.5. The minimum absolute atomic E-state index is 0.108. The van der Waals surface area contributed by atoms with Gasteiger partial charge in [-0.1, -0.05) is 30.3 Å². The number of amidine groups is 1. The molecule has 0 saturated heterocycles. The third-order valence-electron chi connectivity index (χ3n) is 3.73. The third-order valence-corrected chi connectivity index (χ3v) is 3.73. The highest BCUT2D eigenvalue weighted by molar-refractivity contribution is 6.18. The van der Waals surface area contributed by atoms with Crippen molar-refractivity contribution in [2.75, 3.05) is 13.2 Å². The first-order valence-corrected chi connectivity index (χ1v) is 9.42. The Morgan fingerprint density at radius 3 is 2.33 bits per heavy atom. The number of benzene rings is 2. The van der Waals surface area contributed by atoms with E-state index >= 15 is 0 Å². The van der Waals surface area contributed by atoms with Gasteiger partial charge in [0.2, 0.25) is 0 Å². The Labute approximate surface area is 175 Å². The van der Waals surface area contributed by atoms with E-state index in [0.29, 0.717) is 12.4 Å². The van der Waals surface area contributed by atoms with E-state index in [9.17, 15) is 9.90 Å². The Kier molecular flexibility index (Phi) is 8.92. The van der Waals surface area contributed by atoms with Crippen LogP contribution in [0.2, 0.25) is 0 Å². The van der Waals surface area contributed by atoms with Crippen molar-refractivity contribution >= 4 is 18.0 Å². The number of hydrogen-bond donors (Lipinski definition) is 2. The minimum Gasteiger partial charge on any atom is -0.489 e. The molecule has 3 N–H and O–H groups in total. The van der Waals surface area contributed by atoms with Crippen molar-refractivity contribution in [1.29, 1.82) is 0 Å². The van der Waals surface area contributed by atoms with E-state index in [2.05, 4.69) is 10.2 Å². The Morgan fingerprint density at radius 2 is 1.70 bits per heavy atom. The van der Waals surface area contributed by atoms with Crippen molar-refractivity contribution in [1.82, 2.24) is 0 Å². The standard InChI is InChI=1S/C22H25N3O5/c1-3-28-21(26)19(22(27)29-4-2)20(23)25-24-14-16-10-12-18(13-11-16)30-15-17-8-6-5-7-9-17/h5-14,26H,3-4,15H2,1-2H3,(H2,23,25)/b21-19+,24-14+. The monoisotopic (exact) mass is 411 g/mol. The van der Waals surface area contributed by atoms with Crippen molar-refractivity contribution in [2.45, 2.75) is 20.5 Å². The molecule has 2 aromatic rings. The quantitative estimate of drug-likeness (QED) is 0.155. The second-order valence-corrected chi connectivity index (χ2v) is 5.91. The molecule has 0 aliphatic heterocycles. The molecule has 0 bridgehead atoms. The van der Waals surface area contributed by atoms with Gasteiger partial charge in [-0.25, -0.2) is 4.79 Å². The largest absolute Gasteiger partial charge is 0.489 e. The maximum atomic E-state index is 12.0. The highest BCUT2D eigenvalue weighted by Gasteiger charge is 2.22. The number of aliphatic hydroxyl groups is 1. The van der Waals surface area contributed by atoms with Crippen LogP contribution in [0.25, 0.3) is 0 Å². The first-order valence-electron chi connectivity index (χ1n) is 9.42. The molecule has 0 radical (unpaired) electrons. The van der Waals surface area contributed by atoms with Crippen LogP contribution in [0.15, 0.2) is 76.3 Å². The maximum absolute atomic E-state index is 12.0. The molecular weight excluding hydrogens is 386 g/mol. The predicted octanol–water partition coefficient (Wildman–Crippen LogP) is 3.33. The van der Waals surface area contributed by atoms with Gasteiger partial charge < -0.3 is 25.1 Å². The Morgan fingerprint density at radius 1 is 1.03 bits per heavy atom. The smallest absolute Gasteiger partial charge is 0.349 e. The van der Waals surface area contributed by atoms with Crippen LogP contribution in [-0.2, 0) is 20.9 Å². The number of carbonyl (C=O) groups is 1. The molecule has 0 fully saturated rings. The van der Waals surface area contributed by atoms with E-state index < -0.39 is 11.9 Å². The number of esters is 1. The van der Waals surface area contributed by atoms with Gasteiger partial charge in [-0.2, -0.15) is 5.10 Å². The first kappa shape index (κ1) is 22.5. The second-order valence-electron chi connectivity index (χ2n) is 5.91. The summed E-state index contributed by atoms with van der Waals surface area (Å²) < 4.78 is 15.5.